The molecular weight excluding hydrogens is 396 g/mol. The van der Waals surface area contributed by atoms with Crippen LogP contribution in [0.4, 0.5) is 14.5 Å². The number of nitrogens with zero attached hydrogens (tertiary/aromatic N) is 2. The number of aliphatic hydroxyl groups is 1. The van der Waals surface area contributed by atoms with Gasteiger partial charge in [-0.05, 0) is 43.9 Å². The van der Waals surface area contributed by atoms with Crippen LogP contribution in [-0.4, -0.2) is 27.8 Å². The number of rotatable bonds is 3. The normalized spacial score (nSPS) is 32.0. The van der Waals surface area contributed by atoms with Gasteiger partial charge in [-0.25, -0.2) is 8.78 Å². The number of anilines is 1. The Bertz CT molecular complexity index is 906. The molecule has 1 saturated heterocycles. The lowest BCUT2D eigenvalue weighted by Gasteiger charge is -2.44. The largest absolute Gasteiger partial charge is 0.386 e. The first-order valence-corrected chi connectivity index (χ1v) is 10.4. The average Bonchev–Trinajstić information content (AvgIpc) is 3.15. The van der Waals surface area contributed by atoms with Crippen LogP contribution in [0.25, 0.3) is 0 Å². The first kappa shape index (κ1) is 20.3. The Labute approximate surface area is 172 Å². The second kappa shape index (κ2) is 7.68. The lowest BCUT2D eigenvalue weighted by atomic mass is 9.83. The molecule has 0 saturated carbocycles. The quantitative estimate of drug-likeness (QED) is 0.783. The molecule has 0 bridgehead atoms. The zero-order chi connectivity index (χ0) is 20.8. The number of thioether (sulfide) groups is 1. The number of pyridine rings is 1. The summed E-state index contributed by atoms with van der Waals surface area (Å²) in [7, 11) is 0. The Kier molecular flexibility index (Phi) is 5.37. The fraction of sp³-hybridized carbons (Fsp3) is 0.381. The molecule has 5 atom stereocenters. The molecular formula is C21H23F2N3O2S. The van der Waals surface area contributed by atoms with Gasteiger partial charge >= 0.3 is 0 Å². The molecule has 8 heteroatoms. The van der Waals surface area contributed by atoms with Crippen molar-refractivity contribution in [2.24, 2.45) is 5.73 Å². The maximum Gasteiger partial charge on any atom is 0.132 e. The minimum Gasteiger partial charge on any atom is -0.386 e. The zero-order valence-electron chi connectivity index (χ0n) is 16.1. The zero-order valence-corrected chi connectivity index (χ0v) is 16.9. The van der Waals surface area contributed by atoms with E-state index in [0.717, 1.165) is 5.56 Å². The molecule has 1 aromatic carbocycles. The van der Waals surface area contributed by atoms with E-state index in [4.69, 9.17) is 10.5 Å². The van der Waals surface area contributed by atoms with Crippen molar-refractivity contribution in [2.45, 2.75) is 49.5 Å². The molecule has 3 N–H and O–H groups in total. The summed E-state index contributed by atoms with van der Waals surface area (Å²) in [6.07, 6.45) is 4.66. The van der Waals surface area contributed by atoms with Crippen molar-refractivity contribution in [3.63, 3.8) is 0 Å². The fourth-order valence-electron chi connectivity index (χ4n) is 3.77. The van der Waals surface area contributed by atoms with Crippen LogP contribution in [0.3, 0.4) is 0 Å². The van der Waals surface area contributed by atoms with Crippen molar-refractivity contribution in [1.29, 1.82) is 0 Å². The number of nitrogens with two attached hydrogens (primary N) is 1. The van der Waals surface area contributed by atoms with Crippen molar-refractivity contribution < 1.29 is 18.6 Å². The second-order valence-electron chi connectivity index (χ2n) is 7.59. The lowest BCUT2D eigenvalue weighted by Crippen LogP contribution is -2.58. The molecule has 2 aromatic rings. The average molecular weight is 419 g/mol. The summed E-state index contributed by atoms with van der Waals surface area (Å²) in [5.41, 5.74) is 6.58. The van der Waals surface area contributed by atoms with E-state index in [1.165, 1.54) is 30.0 Å². The minimum atomic E-state index is -1.13. The van der Waals surface area contributed by atoms with Gasteiger partial charge < -0.3 is 20.5 Å². The maximum absolute atomic E-state index is 14.4. The molecule has 0 spiro atoms. The van der Waals surface area contributed by atoms with Crippen molar-refractivity contribution >= 4 is 17.4 Å². The van der Waals surface area contributed by atoms with Gasteiger partial charge in [-0.3, -0.25) is 4.98 Å². The number of halogens is 2. The highest BCUT2D eigenvalue weighted by Crippen LogP contribution is 2.47. The van der Waals surface area contributed by atoms with Crippen LogP contribution in [0, 0.1) is 11.6 Å². The monoisotopic (exact) mass is 419 g/mol. The van der Waals surface area contributed by atoms with Crippen molar-refractivity contribution in [2.75, 3.05) is 4.90 Å². The van der Waals surface area contributed by atoms with Crippen molar-refractivity contribution in [3.8, 4) is 0 Å². The topological polar surface area (TPSA) is 71.6 Å². The second-order valence-corrected chi connectivity index (χ2v) is 8.58. The summed E-state index contributed by atoms with van der Waals surface area (Å²) in [5, 5.41) is 11.7. The van der Waals surface area contributed by atoms with Gasteiger partial charge in [0.25, 0.3) is 0 Å². The van der Waals surface area contributed by atoms with Gasteiger partial charge in [0.15, 0.2) is 0 Å². The Hall–Kier alpha value is -2.00. The van der Waals surface area contributed by atoms with E-state index in [0.29, 0.717) is 12.1 Å². The summed E-state index contributed by atoms with van der Waals surface area (Å²) < 4.78 is 35.0. The van der Waals surface area contributed by atoms with Crippen LogP contribution in [0.15, 0.2) is 48.3 Å². The Morgan fingerprint density at radius 2 is 2.03 bits per heavy atom. The van der Waals surface area contributed by atoms with Crippen molar-refractivity contribution in [1.82, 2.24) is 4.98 Å². The van der Waals surface area contributed by atoms with Crippen LogP contribution in [0.1, 0.15) is 42.9 Å². The van der Waals surface area contributed by atoms with Gasteiger partial charge in [-0.2, -0.15) is 0 Å². The van der Waals surface area contributed by atoms with Gasteiger partial charge in [0.2, 0.25) is 0 Å². The van der Waals surface area contributed by atoms with Crippen LogP contribution in [0.5, 0.6) is 0 Å². The van der Waals surface area contributed by atoms with E-state index in [2.05, 4.69) is 4.98 Å². The molecule has 1 fully saturated rings. The van der Waals surface area contributed by atoms with E-state index >= 15 is 0 Å². The summed E-state index contributed by atoms with van der Waals surface area (Å²) in [4.78, 5) is 6.01. The van der Waals surface area contributed by atoms with Crippen LogP contribution in [0.2, 0.25) is 0 Å². The summed E-state index contributed by atoms with van der Waals surface area (Å²) >= 11 is 1.32. The number of hydrogen-bond donors (Lipinski definition) is 2. The predicted molar refractivity (Wildman–Crippen MR) is 109 cm³/mol. The molecule has 29 heavy (non-hydrogen) atoms. The van der Waals surface area contributed by atoms with Crippen molar-refractivity contribution in [3.05, 3.63) is 71.0 Å². The molecule has 1 unspecified atom stereocenters. The predicted octanol–water partition coefficient (Wildman–Crippen LogP) is 4.01. The Morgan fingerprint density at radius 3 is 2.72 bits per heavy atom. The van der Waals surface area contributed by atoms with Crippen LogP contribution >= 0.6 is 11.8 Å². The third kappa shape index (κ3) is 3.54. The van der Waals surface area contributed by atoms with E-state index < -0.39 is 34.8 Å². The van der Waals surface area contributed by atoms with E-state index in [-0.39, 0.29) is 11.7 Å². The highest BCUT2D eigenvalue weighted by atomic mass is 32.2. The highest BCUT2D eigenvalue weighted by Gasteiger charge is 2.44. The first-order valence-electron chi connectivity index (χ1n) is 9.42. The Morgan fingerprint density at radius 1 is 1.31 bits per heavy atom. The van der Waals surface area contributed by atoms with Gasteiger partial charge in [-0.15, -0.1) is 11.8 Å². The van der Waals surface area contributed by atoms with Gasteiger partial charge in [0, 0.05) is 24.0 Å². The van der Waals surface area contributed by atoms with Crippen LogP contribution in [-0.2, 0) is 4.74 Å². The van der Waals surface area contributed by atoms with E-state index in [1.54, 1.807) is 42.7 Å². The van der Waals surface area contributed by atoms with Gasteiger partial charge in [-0.1, -0.05) is 6.07 Å². The SMILES string of the molecule is C[C@@H]1O[C@H](c2ccncc2N2C=CSC2c2c(F)cccc2F)C[C@H](N)[C@@]1(C)O. The molecule has 0 radical (unpaired) electrons. The van der Waals surface area contributed by atoms with E-state index in [9.17, 15) is 13.9 Å². The maximum atomic E-state index is 14.4. The highest BCUT2D eigenvalue weighted by molar-refractivity contribution is 8.02. The summed E-state index contributed by atoms with van der Waals surface area (Å²) in [6, 6.07) is 5.22. The number of ether oxygens (including phenoxy) is 1. The number of hydrogen-bond acceptors (Lipinski definition) is 6. The third-order valence-corrected chi connectivity index (χ3v) is 6.80. The summed E-state index contributed by atoms with van der Waals surface area (Å²) in [6.45, 7) is 3.46. The molecule has 154 valence electrons. The Balaban J connectivity index is 1.71. The third-order valence-electron chi connectivity index (χ3n) is 5.80. The molecule has 4 rings (SSSR count). The molecule has 0 amide bonds. The molecule has 3 heterocycles. The molecule has 2 aliphatic rings. The van der Waals surface area contributed by atoms with Crippen LogP contribution < -0.4 is 10.6 Å². The number of aromatic nitrogens is 1. The molecule has 5 nitrogen and oxygen atoms in total. The fourth-order valence-corrected chi connectivity index (χ4v) is 4.80. The number of benzene rings is 1. The molecule has 0 aliphatic carbocycles. The minimum absolute atomic E-state index is 0.00475. The standard InChI is InChI=1S/C21H23F2N3O2S/c1-12-21(2,27)18(24)10-17(28-12)13-6-7-25-11-16(13)26-8-9-29-20(26)19-14(22)4-3-5-15(19)23/h3-9,11-12,17-18,20,27H,10,24H2,1-2H3/t12-,17-,18-,20?,21-/m0/s1. The van der Waals surface area contributed by atoms with Gasteiger partial charge in [0.1, 0.15) is 22.6 Å². The van der Waals surface area contributed by atoms with Gasteiger partial charge in [0.05, 0.1) is 29.7 Å². The first-order chi connectivity index (χ1) is 13.8. The molecule has 1 aromatic heterocycles. The lowest BCUT2D eigenvalue weighted by molar-refractivity contribution is -0.171. The van der Waals surface area contributed by atoms with E-state index in [1.807, 2.05) is 6.07 Å². The molecule has 2 aliphatic heterocycles. The smallest absolute Gasteiger partial charge is 0.132 e. The summed E-state index contributed by atoms with van der Waals surface area (Å²) in [5.74, 6) is -1.19.